The van der Waals surface area contributed by atoms with Crippen LogP contribution < -0.4 is 4.90 Å². The molecule has 0 aromatic heterocycles. The summed E-state index contributed by atoms with van der Waals surface area (Å²) < 4.78 is 23.2. The summed E-state index contributed by atoms with van der Waals surface area (Å²) >= 11 is 3.50. The second-order valence-electron chi connectivity index (χ2n) is 10.0. The number of halogens is 2. The zero-order chi connectivity index (χ0) is 25.5. The van der Waals surface area contributed by atoms with Crippen LogP contribution in [0.15, 0.2) is 53.0 Å². The summed E-state index contributed by atoms with van der Waals surface area (Å²) in [6.07, 6.45) is -0.798. The molecule has 4 rings (SSSR count). The first-order valence-electron chi connectivity index (χ1n) is 11.9. The van der Waals surface area contributed by atoms with Crippen LogP contribution in [0.2, 0.25) is 18.6 Å². The Bertz CT molecular complexity index is 1110. The van der Waals surface area contributed by atoms with Gasteiger partial charge in [0.05, 0.1) is 24.8 Å². The van der Waals surface area contributed by atoms with Crippen molar-refractivity contribution in [2.45, 2.75) is 50.2 Å². The van der Waals surface area contributed by atoms with Crippen molar-refractivity contribution in [3.05, 3.63) is 64.1 Å². The normalized spacial score (nSPS) is 25.9. The average Bonchev–Trinajstić information content (AvgIpc) is 3.21. The molecule has 0 bridgehead atoms. The van der Waals surface area contributed by atoms with Gasteiger partial charge in [0.15, 0.2) is 5.60 Å². The van der Waals surface area contributed by atoms with Crippen LogP contribution in [-0.2, 0) is 26.5 Å². The molecular formula is C26H32BrFN2O4Si. The highest BCUT2D eigenvalue weighted by Gasteiger charge is 2.66. The average molecular weight is 564 g/mol. The molecule has 35 heavy (non-hydrogen) atoms. The molecule has 2 aromatic rings. The molecule has 6 nitrogen and oxygen atoms in total. The van der Waals surface area contributed by atoms with Gasteiger partial charge in [-0.1, -0.05) is 53.2 Å². The second-order valence-corrected chi connectivity index (χ2v) is 14.7. The molecule has 2 aromatic carbocycles. The van der Waals surface area contributed by atoms with Crippen molar-refractivity contribution in [3.8, 4) is 0 Å². The lowest BCUT2D eigenvalue weighted by atomic mass is 9.82. The zero-order valence-electron chi connectivity index (χ0n) is 20.5. The zero-order valence-corrected chi connectivity index (χ0v) is 23.1. The molecule has 4 atom stereocenters. The van der Waals surface area contributed by atoms with Crippen molar-refractivity contribution >= 4 is 41.8 Å². The van der Waals surface area contributed by atoms with Crippen LogP contribution in [0.4, 0.5) is 9.80 Å². The number of carbonyl (C=O) groups is 2. The van der Waals surface area contributed by atoms with Crippen LogP contribution in [0.5, 0.6) is 0 Å². The summed E-state index contributed by atoms with van der Waals surface area (Å²) in [6.45, 7) is 5.44. The number of benzene rings is 2. The lowest BCUT2D eigenvalue weighted by Gasteiger charge is -2.31. The minimum atomic E-state index is -3.35. The largest absolute Gasteiger partial charge is 0.395 e. The van der Waals surface area contributed by atoms with Gasteiger partial charge in [0, 0.05) is 41.6 Å². The summed E-state index contributed by atoms with van der Waals surface area (Å²) in [4.78, 5) is 30.2. The Hall–Kier alpha value is -2.07. The number of anilines is 1. The van der Waals surface area contributed by atoms with E-state index in [-0.39, 0.29) is 31.4 Å². The smallest absolute Gasteiger partial charge is 0.264 e. The van der Waals surface area contributed by atoms with Gasteiger partial charge in [-0.05, 0) is 36.9 Å². The predicted molar refractivity (Wildman–Crippen MR) is 139 cm³/mol. The molecule has 0 saturated carbocycles. The van der Waals surface area contributed by atoms with Crippen LogP contribution in [0.3, 0.4) is 0 Å². The lowest BCUT2D eigenvalue weighted by molar-refractivity contribution is -0.149. The first-order chi connectivity index (χ1) is 16.5. The Morgan fingerprint density at radius 3 is 2.57 bits per heavy atom. The third kappa shape index (κ3) is 4.59. The maximum absolute atomic E-state index is 15.8. The maximum Gasteiger partial charge on any atom is 0.264 e. The first kappa shape index (κ1) is 26.0. The summed E-state index contributed by atoms with van der Waals surface area (Å²) in [5.74, 6) is -0.903. The summed E-state index contributed by atoms with van der Waals surface area (Å²) in [7, 11) is -1.65. The second kappa shape index (κ2) is 9.76. The number of likely N-dealkylation sites (N-methyl/N-ethyl adjacent to an activating group) is 1. The van der Waals surface area contributed by atoms with Crippen molar-refractivity contribution in [1.82, 2.24) is 4.90 Å². The van der Waals surface area contributed by atoms with E-state index >= 15 is 4.11 Å². The van der Waals surface area contributed by atoms with E-state index in [0.29, 0.717) is 12.1 Å². The van der Waals surface area contributed by atoms with Crippen molar-refractivity contribution in [2.75, 3.05) is 25.1 Å². The molecule has 188 valence electrons. The monoisotopic (exact) mass is 562 g/mol. The van der Waals surface area contributed by atoms with E-state index in [9.17, 15) is 14.7 Å². The van der Waals surface area contributed by atoms with Gasteiger partial charge in [0.2, 0.25) is 14.3 Å². The van der Waals surface area contributed by atoms with Gasteiger partial charge in [-0.3, -0.25) is 9.59 Å². The van der Waals surface area contributed by atoms with E-state index < -0.39 is 31.6 Å². The van der Waals surface area contributed by atoms with Gasteiger partial charge >= 0.3 is 0 Å². The highest BCUT2D eigenvalue weighted by molar-refractivity contribution is 9.10. The van der Waals surface area contributed by atoms with Crippen molar-refractivity contribution in [1.29, 1.82) is 0 Å². The highest BCUT2D eigenvalue weighted by atomic mass is 79.9. The van der Waals surface area contributed by atoms with Crippen LogP contribution in [0.1, 0.15) is 24.5 Å². The highest BCUT2D eigenvalue weighted by Crippen LogP contribution is 2.60. The Labute approximate surface area is 215 Å². The SMILES string of the molecule is C[C@H]1[C@H]([Si](C)(C)F)[C@@H](CC(=O)N(CCO)Cc2ccccc2)O[C@]12C(=O)N(C)c1ccc(Br)cc12. The number of aliphatic hydroxyl groups excluding tert-OH is 1. The third-order valence-corrected chi connectivity index (χ3v) is 10.3. The predicted octanol–water partition coefficient (Wildman–Crippen LogP) is 4.61. The van der Waals surface area contributed by atoms with E-state index in [1.807, 2.05) is 55.5 Å². The van der Waals surface area contributed by atoms with E-state index in [2.05, 4.69) is 15.9 Å². The number of hydrogen-bond donors (Lipinski definition) is 1. The quantitative estimate of drug-likeness (QED) is 0.395. The maximum atomic E-state index is 15.8. The summed E-state index contributed by atoms with van der Waals surface area (Å²) in [5, 5.41) is 9.58. The van der Waals surface area contributed by atoms with E-state index in [0.717, 1.165) is 15.7 Å². The number of aliphatic hydroxyl groups is 1. The molecular weight excluding hydrogens is 531 g/mol. The number of nitrogens with zero attached hydrogens (tertiary/aromatic N) is 2. The minimum absolute atomic E-state index is 0.0513. The van der Waals surface area contributed by atoms with Gasteiger partial charge in [-0.15, -0.1) is 0 Å². The molecule has 9 heteroatoms. The van der Waals surface area contributed by atoms with Crippen molar-refractivity contribution in [2.24, 2.45) is 5.92 Å². The molecule has 0 radical (unpaired) electrons. The van der Waals surface area contributed by atoms with Crippen LogP contribution >= 0.6 is 15.9 Å². The molecule has 1 fully saturated rings. The molecule has 2 aliphatic heterocycles. The number of hydrogen-bond acceptors (Lipinski definition) is 4. The van der Waals surface area contributed by atoms with Crippen LogP contribution in [0, 0.1) is 5.92 Å². The number of rotatable bonds is 7. The summed E-state index contributed by atoms with van der Waals surface area (Å²) in [6, 6.07) is 15.1. The minimum Gasteiger partial charge on any atom is -0.395 e. The molecule has 1 saturated heterocycles. The van der Waals surface area contributed by atoms with E-state index in [4.69, 9.17) is 4.74 Å². The molecule has 0 aliphatic carbocycles. The van der Waals surface area contributed by atoms with Crippen LogP contribution in [0.25, 0.3) is 0 Å². The van der Waals surface area contributed by atoms with Gasteiger partial charge in [0.1, 0.15) is 0 Å². The van der Waals surface area contributed by atoms with Crippen molar-refractivity contribution < 1.29 is 23.5 Å². The van der Waals surface area contributed by atoms with E-state index in [1.54, 1.807) is 29.9 Å². The standard InChI is InChI=1S/C26H32BrFN2O4Si/c1-17-24(35(3,4)28)22(15-23(32)30(12-13-31)16-18-8-6-5-7-9-18)34-26(17)20-14-19(27)10-11-21(20)29(2)25(26)33/h5-11,14,17,22,24,31H,12-13,15-16H2,1-4H3/t17-,22+,24-,26+/m0/s1. The Kier molecular flexibility index (Phi) is 7.25. The number of fused-ring (bicyclic) bond motifs is 2. The number of amides is 2. The molecule has 1 spiro atoms. The Balaban J connectivity index is 1.68. The molecule has 2 amide bonds. The Morgan fingerprint density at radius 1 is 1.26 bits per heavy atom. The topological polar surface area (TPSA) is 70.1 Å². The Morgan fingerprint density at radius 2 is 1.94 bits per heavy atom. The molecule has 2 heterocycles. The van der Waals surface area contributed by atoms with Gasteiger partial charge in [0.25, 0.3) is 5.91 Å². The fourth-order valence-corrected chi connectivity index (χ4v) is 8.70. The van der Waals surface area contributed by atoms with Gasteiger partial charge in [-0.25, -0.2) is 0 Å². The fourth-order valence-electron chi connectivity index (χ4n) is 5.84. The number of ether oxygens (including phenoxy) is 1. The summed E-state index contributed by atoms with van der Waals surface area (Å²) in [5.41, 5.74) is 0.499. The number of carbonyl (C=O) groups excluding carboxylic acids is 2. The molecule has 0 unspecified atom stereocenters. The molecule has 1 N–H and O–H groups in total. The van der Waals surface area contributed by atoms with Crippen LogP contribution in [-0.4, -0.2) is 56.5 Å². The van der Waals surface area contributed by atoms with E-state index in [1.165, 1.54) is 0 Å². The fraction of sp³-hybridized carbons (Fsp3) is 0.462. The van der Waals surface area contributed by atoms with Crippen molar-refractivity contribution in [3.63, 3.8) is 0 Å². The third-order valence-electron chi connectivity index (χ3n) is 7.37. The van der Waals surface area contributed by atoms with Gasteiger partial charge < -0.3 is 23.8 Å². The lowest BCUT2D eigenvalue weighted by Crippen LogP contribution is -2.44. The van der Waals surface area contributed by atoms with Gasteiger partial charge in [-0.2, -0.15) is 0 Å². The first-order valence-corrected chi connectivity index (χ1v) is 15.6. The molecule has 2 aliphatic rings.